The van der Waals surface area contributed by atoms with Crippen molar-refractivity contribution in [2.75, 3.05) is 12.3 Å². The van der Waals surface area contributed by atoms with Gasteiger partial charge in [-0.15, -0.1) is 0 Å². The molecule has 0 aliphatic heterocycles. The van der Waals surface area contributed by atoms with Crippen LogP contribution >= 0.6 is 0 Å². The van der Waals surface area contributed by atoms with Crippen LogP contribution < -0.4 is 5.32 Å². The van der Waals surface area contributed by atoms with Gasteiger partial charge in [0, 0.05) is 6.04 Å². The Bertz CT molecular complexity index is 339. The number of nitrogens with one attached hydrogen (secondary N) is 1. The van der Waals surface area contributed by atoms with Gasteiger partial charge < -0.3 is 5.32 Å². The minimum absolute atomic E-state index is 0.333. The highest BCUT2D eigenvalue weighted by atomic mass is 32.2. The Morgan fingerprint density at radius 3 is 2.28 bits per heavy atom. The van der Waals surface area contributed by atoms with E-state index in [9.17, 15) is 8.42 Å². The lowest BCUT2D eigenvalue weighted by Crippen LogP contribution is -2.32. The van der Waals surface area contributed by atoms with E-state index in [4.69, 9.17) is 0 Å². The van der Waals surface area contributed by atoms with E-state index in [1.807, 2.05) is 0 Å². The van der Waals surface area contributed by atoms with Gasteiger partial charge >= 0.3 is 0 Å². The lowest BCUT2D eigenvalue weighted by Gasteiger charge is -2.20. The fourth-order valence-corrected chi connectivity index (χ4v) is 3.42. The normalized spacial score (nSPS) is 18.9. The van der Waals surface area contributed by atoms with E-state index in [1.165, 1.54) is 12.8 Å². The molecule has 0 aromatic rings. The molecule has 1 fully saturated rings. The second-order valence-corrected chi connectivity index (χ2v) is 9.29. The van der Waals surface area contributed by atoms with Crippen LogP contribution in [0, 0.1) is 5.92 Å². The maximum absolute atomic E-state index is 12.0. The molecule has 1 unspecified atom stereocenters. The van der Waals surface area contributed by atoms with Crippen molar-refractivity contribution in [3.8, 4) is 0 Å². The number of hydrogen-bond donors (Lipinski definition) is 1. The zero-order chi connectivity index (χ0) is 13.8. The lowest BCUT2D eigenvalue weighted by atomic mass is 10.1. The molecule has 4 heteroatoms. The smallest absolute Gasteiger partial charge is 0.155 e. The molecule has 1 rings (SSSR count). The molecule has 0 heterocycles. The molecule has 0 saturated heterocycles. The minimum atomic E-state index is -2.93. The van der Waals surface area contributed by atoms with Crippen molar-refractivity contribution in [3.05, 3.63) is 0 Å². The molecule has 0 aromatic carbocycles. The Kier molecular flexibility index (Phi) is 5.66. The van der Waals surface area contributed by atoms with Gasteiger partial charge in [0.15, 0.2) is 9.84 Å². The van der Waals surface area contributed by atoms with Crippen molar-refractivity contribution in [2.24, 2.45) is 5.92 Å². The first-order valence-electron chi connectivity index (χ1n) is 7.23. The van der Waals surface area contributed by atoms with E-state index in [0.29, 0.717) is 11.8 Å². The van der Waals surface area contributed by atoms with Crippen LogP contribution in [0.25, 0.3) is 0 Å². The molecule has 0 radical (unpaired) electrons. The molecule has 18 heavy (non-hydrogen) atoms. The molecule has 1 saturated carbocycles. The summed E-state index contributed by atoms with van der Waals surface area (Å²) in [5.74, 6) is 1.18. The summed E-state index contributed by atoms with van der Waals surface area (Å²) in [6, 6.07) is 0.618. The van der Waals surface area contributed by atoms with Gasteiger partial charge in [-0.25, -0.2) is 8.42 Å². The van der Waals surface area contributed by atoms with Crippen LogP contribution in [0.15, 0.2) is 0 Å². The number of sulfone groups is 1. The van der Waals surface area contributed by atoms with Gasteiger partial charge in [0.1, 0.15) is 0 Å². The molecule has 1 atom stereocenters. The highest BCUT2D eigenvalue weighted by Gasteiger charge is 2.31. The van der Waals surface area contributed by atoms with Gasteiger partial charge in [-0.3, -0.25) is 0 Å². The second-order valence-electron chi connectivity index (χ2n) is 6.43. The maximum atomic E-state index is 12.0. The summed E-state index contributed by atoms with van der Waals surface area (Å²) in [6.45, 7) is 8.51. The van der Waals surface area contributed by atoms with Crippen molar-refractivity contribution in [1.29, 1.82) is 0 Å². The summed E-state index contributed by atoms with van der Waals surface area (Å²) in [6.07, 6.45) is 5.63. The SMILES string of the molecule is CCNC(CCCCS(=O)(=O)C(C)(C)C)C1CC1. The van der Waals surface area contributed by atoms with Gasteiger partial charge in [0.05, 0.1) is 10.5 Å². The Hall–Kier alpha value is -0.0900. The summed E-state index contributed by atoms with van der Waals surface area (Å²) in [5.41, 5.74) is 0. The van der Waals surface area contributed by atoms with E-state index in [0.717, 1.165) is 31.7 Å². The average Bonchev–Trinajstić information content (AvgIpc) is 3.04. The van der Waals surface area contributed by atoms with E-state index in [-0.39, 0.29) is 0 Å². The molecule has 0 bridgehead atoms. The Balaban J connectivity index is 2.25. The molecule has 3 nitrogen and oxygen atoms in total. The molecule has 1 aliphatic carbocycles. The van der Waals surface area contributed by atoms with Crippen LogP contribution in [-0.4, -0.2) is 31.5 Å². The van der Waals surface area contributed by atoms with Crippen LogP contribution in [0.2, 0.25) is 0 Å². The molecule has 108 valence electrons. The molecule has 1 aliphatic rings. The highest BCUT2D eigenvalue weighted by molar-refractivity contribution is 7.92. The third-order valence-electron chi connectivity index (χ3n) is 3.77. The van der Waals surface area contributed by atoms with Crippen molar-refractivity contribution in [2.45, 2.75) is 70.6 Å². The van der Waals surface area contributed by atoms with Crippen molar-refractivity contribution < 1.29 is 8.42 Å². The molecule has 0 spiro atoms. The zero-order valence-corrected chi connectivity index (χ0v) is 13.1. The Labute approximate surface area is 113 Å². The monoisotopic (exact) mass is 275 g/mol. The van der Waals surface area contributed by atoms with Gasteiger partial charge in [-0.2, -0.15) is 0 Å². The largest absolute Gasteiger partial charge is 0.314 e. The van der Waals surface area contributed by atoms with Gasteiger partial charge in [-0.1, -0.05) is 13.3 Å². The van der Waals surface area contributed by atoms with E-state index >= 15 is 0 Å². The van der Waals surface area contributed by atoms with Crippen molar-refractivity contribution in [3.63, 3.8) is 0 Å². The third-order valence-corrected chi connectivity index (χ3v) is 6.46. The Morgan fingerprint density at radius 1 is 1.22 bits per heavy atom. The third kappa shape index (κ3) is 4.88. The summed E-state index contributed by atoms with van der Waals surface area (Å²) in [7, 11) is -2.93. The van der Waals surface area contributed by atoms with Crippen molar-refractivity contribution >= 4 is 9.84 Å². The quantitative estimate of drug-likeness (QED) is 0.693. The first-order chi connectivity index (χ1) is 8.28. The zero-order valence-electron chi connectivity index (χ0n) is 12.3. The average molecular weight is 275 g/mol. The van der Waals surface area contributed by atoms with Crippen LogP contribution in [0.3, 0.4) is 0 Å². The summed E-state index contributed by atoms with van der Waals surface area (Å²) in [5, 5.41) is 3.52. The fraction of sp³-hybridized carbons (Fsp3) is 1.00. The number of rotatable bonds is 8. The van der Waals surface area contributed by atoms with Gasteiger partial charge in [-0.05, 0) is 58.9 Å². The second kappa shape index (κ2) is 6.38. The first kappa shape index (κ1) is 16.0. The first-order valence-corrected chi connectivity index (χ1v) is 8.89. The van der Waals surface area contributed by atoms with Crippen LogP contribution in [-0.2, 0) is 9.84 Å². The van der Waals surface area contributed by atoms with E-state index in [1.54, 1.807) is 20.8 Å². The fourth-order valence-electron chi connectivity index (χ4n) is 2.23. The number of hydrogen-bond acceptors (Lipinski definition) is 3. The van der Waals surface area contributed by atoms with E-state index in [2.05, 4.69) is 12.2 Å². The minimum Gasteiger partial charge on any atom is -0.314 e. The van der Waals surface area contributed by atoms with E-state index < -0.39 is 14.6 Å². The predicted octanol–water partition coefficient (Wildman–Crippen LogP) is 2.76. The van der Waals surface area contributed by atoms with Crippen LogP contribution in [0.1, 0.15) is 59.8 Å². The standard InChI is InChI=1S/C14H29NO2S/c1-5-15-13(12-9-10-12)8-6-7-11-18(16,17)14(2,3)4/h12-13,15H,5-11H2,1-4H3. The summed E-state index contributed by atoms with van der Waals surface area (Å²) < 4.78 is 23.3. The molecule has 0 amide bonds. The van der Waals surface area contributed by atoms with Crippen LogP contribution in [0.5, 0.6) is 0 Å². The lowest BCUT2D eigenvalue weighted by molar-refractivity contribution is 0.431. The van der Waals surface area contributed by atoms with Crippen molar-refractivity contribution in [1.82, 2.24) is 5.32 Å². The van der Waals surface area contributed by atoms with Gasteiger partial charge in [0.2, 0.25) is 0 Å². The van der Waals surface area contributed by atoms with Gasteiger partial charge in [0.25, 0.3) is 0 Å². The summed E-state index contributed by atoms with van der Waals surface area (Å²) >= 11 is 0. The molecule has 1 N–H and O–H groups in total. The highest BCUT2D eigenvalue weighted by Crippen LogP contribution is 2.34. The molecular formula is C14H29NO2S. The van der Waals surface area contributed by atoms with Crippen LogP contribution in [0.4, 0.5) is 0 Å². The Morgan fingerprint density at radius 2 is 1.83 bits per heavy atom. The number of unbranched alkanes of at least 4 members (excludes halogenated alkanes) is 1. The maximum Gasteiger partial charge on any atom is 0.155 e. The predicted molar refractivity (Wildman–Crippen MR) is 77.6 cm³/mol. The topological polar surface area (TPSA) is 46.2 Å². The summed E-state index contributed by atoms with van der Waals surface area (Å²) in [4.78, 5) is 0. The molecule has 0 aromatic heterocycles. The molecular weight excluding hydrogens is 246 g/mol.